The number of hydrogen-bond donors (Lipinski definition) is 1. The lowest BCUT2D eigenvalue weighted by Crippen LogP contribution is -2.34. The predicted molar refractivity (Wildman–Crippen MR) is 77.4 cm³/mol. The van der Waals surface area contributed by atoms with Gasteiger partial charge in [-0.1, -0.05) is 19.8 Å². The van der Waals surface area contributed by atoms with Gasteiger partial charge in [-0.2, -0.15) is 0 Å². The maximum atomic E-state index is 10.9. The fourth-order valence-corrected chi connectivity index (χ4v) is 2.83. The van der Waals surface area contributed by atoms with Gasteiger partial charge in [0.2, 0.25) is 0 Å². The van der Waals surface area contributed by atoms with Gasteiger partial charge in [0.15, 0.2) is 0 Å². The first-order valence-electron chi connectivity index (χ1n) is 6.93. The van der Waals surface area contributed by atoms with E-state index in [0.29, 0.717) is 11.7 Å². The van der Waals surface area contributed by atoms with Crippen LogP contribution in [-0.4, -0.2) is 17.5 Å². The number of nitro groups is 1. The molecule has 1 atom stereocenters. The molecule has 0 amide bonds. The molecule has 1 heterocycles. The zero-order chi connectivity index (χ0) is 13.8. The number of nitro benzene ring substituents is 1. The topological polar surface area (TPSA) is 72.4 Å². The molecule has 1 aliphatic heterocycles. The summed E-state index contributed by atoms with van der Waals surface area (Å²) in [5, 5.41) is 10.9. The maximum Gasteiger partial charge on any atom is 0.273 e. The van der Waals surface area contributed by atoms with Crippen molar-refractivity contribution in [2.45, 2.75) is 45.1 Å². The van der Waals surface area contributed by atoms with Gasteiger partial charge in [0, 0.05) is 36.1 Å². The fourth-order valence-electron chi connectivity index (χ4n) is 2.83. The Morgan fingerprint density at radius 1 is 1.37 bits per heavy atom. The molecule has 0 spiro atoms. The first kappa shape index (κ1) is 13.6. The van der Waals surface area contributed by atoms with Crippen molar-refractivity contribution in [3.05, 3.63) is 28.3 Å². The standard InChI is InChI=1S/C14H21N3O2/c1-2-12-6-4-3-5-7-16(12)13-8-11(15)9-14(10-13)17(18)19/h8-10,12H,2-7,15H2,1H3. The van der Waals surface area contributed by atoms with Gasteiger partial charge in [0.25, 0.3) is 5.69 Å². The number of nitrogens with zero attached hydrogens (tertiary/aromatic N) is 2. The van der Waals surface area contributed by atoms with Crippen LogP contribution < -0.4 is 10.6 Å². The Kier molecular flexibility index (Phi) is 4.24. The van der Waals surface area contributed by atoms with Crippen molar-refractivity contribution in [1.82, 2.24) is 0 Å². The van der Waals surface area contributed by atoms with Crippen LogP contribution in [0.1, 0.15) is 39.0 Å². The quantitative estimate of drug-likeness (QED) is 0.515. The molecular formula is C14H21N3O2. The Labute approximate surface area is 113 Å². The monoisotopic (exact) mass is 263 g/mol. The molecule has 1 aromatic carbocycles. The van der Waals surface area contributed by atoms with Crippen LogP contribution in [0.2, 0.25) is 0 Å². The normalized spacial score (nSPS) is 20.1. The number of anilines is 2. The lowest BCUT2D eigenvalue weighted by molar-refractivity contribution is -0.384. The summed E-state index contributed by atoms with van der Waals surface area (Å²) in [6.07, 6.45) is 5.82. The Hall–Kier alpha value is -1.78. The van der Waals surface area contributed by atoms with Crippen molar-refractivity contribution >= 4 is 17.1 Å². The first-order valence-corrected chi connectivity index (χ1v) is 6.93. The highest BCUT2D eigenvalue weighted by Gasteiger charge is 2.21. The van der Waals surface area contributed by atoms with Crippen molar-refractivity contribution in [3.8, 4) is 0 Å². The molecule has 5 nitrogen and oxygen atoms in total. The molecule has 2 N–H and O–H groups in total. The summed E-state index contributed by atoms with van der Waals surface area (Å²) in [7, 11) is 0. The number of rotatable bonds is 3. The SMILES string of the molecule is CCC1CCCCCN1c1cc(N)cc([N+](=O)[O-])c1. The summed E-state index contributed by atoms with van der Waals surface area (Å²) < 4.78 is 0. The zero-order valence-corrected chi connectivity index (χ0v) is 11.3. The average molecular weight is 263 g/mol. The van der Waals surface area contributed by atoms with E-state index in [9.17, 15) is 10.1 Å². The van der Waals surface area contributed by atoms with Crippen LogP contribution in [-0.2, 0) is 0 Å². The third-order valence-corrected chi connectivity index (χ3v) is 3.82. The van der Waals surface area contributed by atoms with E-state index in [1.165, 1.54) is 18.9 Å². The average Bonchev–Trinajstić information content (AvgIpc) is 2.62. The highest BCUT2D eigenvalue weighted by Crippen LogP contribution is 2.30. The lowest BCUT2D eigenvalue weighted by Gasteiger charge is -2.31. The molecule has 1 unspecified atom stereocenters. The molecule has 1 fully saturated rings. The van der Waals surface area contributed by atoms with Crippen molar-refractivity contribution in [1.29, 1.82) is 0 Å². The molecule has 19 heavy (non-hydrogen) atoms. The van der Waals surface area contributed by atoms with Gasteiger partial charge < -0.3 is 10.6 Å². The largest absolute Gasteiger partial charge is 0.398 e. The number of non-ortho nitro benzene ring substituents is 1. The van der Waals surface area contributed by atoms with E-state index >= 15 is 0 Å². The van der Waals surface area contributed by atoms with E-state index in [4.69, 9.17) is 5.73 Å². The van der Waals surface area contributed by atoms with Gasteiger partial charge in [-0.15, -0.1) is 0 Å². The van der Waals surface area contributed by atoms with Gasteiger partial charge >= 0.3 is 0 Å². The second-order valence-corrected chi connectivity index (χ2v) is 5.14. The Morgan fingerprint density at radius 3 is 2.84 bits per heavy atom. The van der Waals surface area contributed by atoms with E-state index in [2.05, 4.69) is 11.8 Å². The van der Waals surface area contributed by atoms with Crippen LogP contribution >= 0.6 is 0 Å². The van der Waals surface area contributed by atoms with E-state index < -0.39 is 0 Å². The molecule has 5 heteroatoms. The molecule has 104 valence electrons. The number of hydrogen-bond acceptors (Lipinski definition) is 4. The number of benzene rings is 1. The van der Waals surface area contributed by atoms with Crippen LogP contribution in [0.4, 0.5) is 17.1 Å². The molecule has 1 aliphatic rings. The Morgan fingerprint density at radius 2 is 2.16 bits per heavy atom. The highest BCUT2D eigenvalue weighted by molar-refractivity contribution is 5.63. The number of nitrogen functional groups attached to an aromatic ring is 1. The van der Waals surface area contributed by atoms with Crippen LogP contribution in [0.15, 0.2) is 18.2 Å². The summed E-state index contributed by atoms with van der Waals surface area (Å²) in [5.41, 5.74) is 7.23. The summed E-state index contributed by atoms with van der Waals surface area (Å²) in [4.78, 5) is 12.9. The molecule has 1 saturated heterocycles. The third kappa shape index (κ3) is 3.16. The number of nitrogens with two attached hydrogens (primary N) is 1. The minimum Gasteiger partial charge on any atom is -0.398 e. The smallest absolute Gasteiger partial charge is 0.273 e. The van der Waals surface area contributed by atoms with Crippen LogP contribution in [0.25, 0.3) is 0 Å². The molecule has 0 aliphatic carbocycles. The van der Waals surface area contributed by atoms with Gasteiger partial charge in [-0.3, -0.25) is 10.1 Å². The maximum absolute atomic E-state index is 10.9. The molecule has 0 saturated carbocycles. The Bertz CT molecular complexity index is 462. The van der Waals surface area contributed by atoms with E-state index in [1.54, 1.807) is 6.07 Å². The minimum atomic E-state index is -0.376. The lowest BCUT2D eigenvalue weighted by atomic mass is 10.1. The van der Waals surface area contributed by atoms with E-state index in [0.717, 1.165) is 31.5 Å². The van der Waals surface area contributed by atoms with Crippen molar-refractivity contribution in [3.63, 3.8) is 0 Å². The molecule has 1 aromatic rings. The van der Waals surface area contributed by atoms with E-state index in [-0.39, 0.29) is 10.6 Å². The second kappa shape index (κ2) is 5.91. The molecule has 0 aromatic heterocycles. The van der Waals surface area contributed by atoms with E-state index in [1.807, 2.05) is 6.07 Å². The summed E-state index contributed by atoms with van der Waals surface area (Å²) in [6, 6.07) is 5.37. The van der Waals surface area contributed by atoms with Gasteiger partial charge in [0.05, 0.1) is 4.92 Å². The van der Waals surface area contributed by atoms with Crippen molar-refractivity contribution < 1.29 is 4.92 Å². The van der Waals surface area contributed by atoms with Crippen LogP contribution in [0.3, 0.4) is 0 Å². The fraction of sp³-hybridized carbons (Fsp3) is 0.571. The summed E-state index contributed by atoms with van der Waals surface area (Å²) in [6.45, 7) is 3.13. The molecule has 0 radical (unpaired) electrons. The zero-order valence-electron chi connectivity index (χ0n) is 11.3. The highest BCUT2D eigenvalue weighted by atomic mass is 16.6. The second-order valence-electron chi connectivity index (χ2n) is 5.14. The third-order valence-electron chi connectivity index (χ3n) is 3.82. The molecule has 2 rings (SSSR count). The van der Waals surface area contributed by atoms with Gasteiger partial charge in [-0.25, -0.2) is 0 Å². The minimum absolute atomic E-state index is 0.0779. The van der Waals surface area contributed by atoms with Crippen molar-refractivity contribution in [2.24, 2.45) is 0 Å². The Balaban J connectivity index is 2.34. The summed E-state index contributed by atoms with van der Waals surface area (Å²) >= 11 is 0. The van der Waals surface area contributed by atoms with Gasteiger partial charge in [0.1, 0.15) is 0 Å². The van der Waals surface area contributed by atoms with Crippen molar-refractivity contribution in [2.75, 3.05) is 17.2 Å². The molecule has 0 bridgehead atoms. The van der Waals surface area contributed by atoms with Gasteiger partial charge in [-0.05, 0) is 25.3 Å². The van der Waals surface area contributed by atoms with Crippen LogP contribution in [0, 0.1) is 10.1 Å². The predicted octanol–water partition coefficient (Wildman–Crippen LogP) is 3.34. The molecular weight excluding hydrogens is 242 g/mol. The van der Waals surface area contributed by atoms with Crippen LogP contribution in [0.5, 0.6) is 0 Å². The first-order chi connectivity index (χ1) is 9.11. The summed E-state index contributed by atoms with van der Waals surface area (Å²) in [5.74, 6) is 0.